The minimum atomic E-state index is 0.0353. The first-order valence-corrected chi connectivity index (χ1v) is 9.56. The number of halogens is 1. The van der Waals surface area contributed by atoms with Gasteiger partial charge in [0.2, 0.25) is 5.91 Å². The molecule has 1 aromatic carbocycles. The van der Waals surface area contributed by atoms with Gasteiger partial charge in [0.15, 0.2) is 0 Å². The van der Waals surface area contributed by atoms with Crippen LogP contribution in [-0.4, -0.2) is 12.1 Å². The molecule has 0 aliphatic heterocycles. The minimum Gasteiger partial charge on any atom is -0.455 e. The Hall–Kier alpha value is -2.07. The monoisotopic (exact) mass is 370 g/mol. The van der Waals surface area contributed by atoms with E-state index in [1.54, 1.807) is 6.21 Å². The van der Waals surface area contributed by atoms with Crippen LogP contribution >= 0.6 is 11.6 Å². The lowest BCUT2D eigenvalue weighted by Crippen LogP contribution is -2.22. The van der Waals surface area contributed by atoms with E-state index in [-0.39, 0.29) is 17.2 Å². The molecule has 2 fully saturated rings. The third-order valence-corrected chi connectivity index (χ3v) is 6.31. The second kappa shape index (κ2) is 6.58. The Morgan fingerprint density at radius 3 is 2.96 bits per heavy atom. The largest absolute Gasteiger partial charge is 0.455 e. The number of benzene rings is 1. The van der Waals surface area contributed by atoms with Crippen LogP contribution in [0.25, 0.3) is 11.3 Å². The summed E-state index contributed by atoms with van der Waals surface area (Å²) in [6, 6.07) is 9.43. The van der Waals surface area contributed by atoms with Crippen molar-refractivity contribution in [3.63, 3.8) is 0 Å². The first kappa shape index (κ1) is 17.3. The van der Waals surface area contributed by atoms with E-state index in [0.717, 1.165) is 23.3 Å². The van der Waals surface area contributed by atoms with Gasteiger partial charge in [0.25, 0.3) is 0 Å². The first-order chi connectivity index (χ1) is 12.5. The Kier molecular flexibility index (Phi) is 4.39. The Morgan fingerprint density at radius 2 is 2.19 bits per heavy atom. The Labute approximate surface area is 158 Å². The molecular weight excluding hydrogens is 348 g/mol. The summed E-state index contributed by atoms with van der Waals surface area (Å²) >= 11 is 6.08. The summed E-state index contributed by atoms with van der Waals surface area (Å²) in [7, 11) is 0. The van der Waals surface area contributed by atoms with Crippen LogP contribution in [0.1, 0.15) is 43.9 Å². The molecular formula is C21H23ClN2O2. The van der Waals surface area contributed by atoms with Gasteiger partial charge in [-0.05, 0) is 60.9 Å². The Morgan fingerprint density at radius 1 is 1.35 bits per heavy atom. The lowest BCUT2D eigenvalue weighted by Gasteiger charge is -2.15. The molecule has 3 unspecified atom stereocenters. The van der Waals surface area contributed by atoms with Crippen LogP contribution in [0.2, 0.25) is 5.02 Å². The zero-order valence-corrected chi connectivity index (χ0v) is 15.8. The number of rotatable bonds is 4. The number of amides is 1. The molecule has 1 N–H and O–H groups in total. The lowest BCUT2D eigenvalue weighted by atomic mass is 9.90. The van der Waals surface area contributed by atoms with Crippen molar-refractivity contribution in [1.29, 1.82) is 0 Å². The topological polar surface area (TPSA) is 54.6 Å². The van der Waals surface area contributed by atoms with Crippen LogP contribution in [0.4, 0.5) is 0 Å². The van der Waals surface area contributed by atoms with Crippen molar-refractivity contribution >= 4 is 23.7 Å². The van der Waals surface area contributed by atoms with Crippen LogP contribution in [0.5, 0.6) is 0 Å². The molecule has 2 saturated carbocycles. The van der Waals surface area contributed by atoms with Gasteiger partial charge in [-0.15, -0.1) is 0 Å². The molecule has 2 aliphatic carbocycles. The predicted molar refractivity (Wildman–Crippen MR) is 103 cm³/mol. The quantitative estimate of drug-likeness (QED) is 0.595. The predicted octanol–water partition coefficient (Wildman–Crippen LogP) is 5.18. The SMILES string of the molecule is Cc1ccc(Cl)cc1-c1ccc(/C=N/NC(=O)C2C3CCCCC32C)o1. The molecule has 26 heavy (non-hydrogen) atoms. The Bertz CT molecular complexity index is 873. The van der Waals surface area contributed by atoms with E-state index in [1.807, 2.05) is 37.3 Å². The second-order valence-electron chi connectivity index (χ2n) is 7.73. The number of carbonyl (C=O) groups is 1. The molecule has 0 bridgehead atoms. The van der Waals surface area contributed by atoms with Gasteiger partial charge in [-0.25, -0.2) is 5.43 Å². The van der Waals surface area contributed by atoms with Crippen molar-refractivity contribution in [2.45, 2.75) is 39.5 Å². The fourth-order valence-corrected chi connectivity index (χ4v) is 4.68. The van der Waals surface area contributed by atoms with E-state index >= 15 is 0 Å². The van der Waals surface area contributed by atoms with Crippen LogP contribution in [0.3, 0.4) is 0 Å². The van der Waals surface area contributed by atoms with E-state index in [1.165, 1.54) is 19.3 Å². The maximum Gasteiger partial charge on any atom is 0.244 e. The molecule has 4 nitrogen and oxygen atoms in total. The van der Waals surface area contributed by atoms with Crippen LogP contribution < -0.4 is 5.43 Å². The van der Waals surface area contributed by atoms with Gasteiger partial charge < -0.3 is 4.42 Å². The normalized spacial score (nSPS) is 27.3. The van der Waals surface area contributed by atoms with Crippen LogP contribution in [-0.2, 0) is 4.79 Å². The summed E-state index contributed by atoms with van der Waals surface area (Å²) in [5.74, 6) is 2.02. The third kappa shape index (κ3) is 3.07. The standard InChI is InChI=1S/C21H23ClN2O2/c1-13-6-7-14(22)11-16(13)18-9-8-15(26-18)12-23-24-20(25)19-17-5-3-4-10-21(17,19)2/h6-9,11-12,17,19H,3-5,10H2,1-2H3,(H,24,25)/b23-12+. The zero-order valence-electron chi connectivity index (χ0n) is 15.1. The molecule has 5 heteroatoms. The fourth-order valence-electron chi connectivity index (χ4n) is 4.51. The number of fused-ring (bicyclic) bond motifs is 1. The summed E-state index contributed by atoms with van der Waals surface area (Å²) in [4.78, 5) is 12.4. The molecule has 4 rings (SSSR count). The van der Waals surface area contributed by atoms with Crippen molar-refractivity contribution in [3.8, 4) is 11.3 Å². The lowest BCUT2D eigenvalue weighted by molar-refractivity contribution is -0.123. The van der Waals surface area contributed by atoms with E-state index < -0.39 is 0 Å². The summed E-state index contributed by atoms with van der Waals surface area (Å²) in [5, 5.41) is 4.76. The van der Waals surface area contributed by atoms with E-state index in [4.69, 9.17) is 16.0 Å². The van der Waals surface area contributed by atoms with E-state index in [9.17, 15) is 4.79 Å². The van der Waals surface area contributed by atoms with Gasteiger partial charge in [-0.2, -0.15) is 5.10 Å². The van der Waals surface area contributed by atoms with E-state index in [0.29, 0.717) is 16.7 Å². The number of carbonyl (C=O) groups excluding carboxylic acids is 1. The highest BCUT2D eigenvalue weighted by molar-refractivity contribution is 6.30. The van der Waals surface area contributed by atoms with Crippen molar-refractivity contribution in [1.82, 2.24) is 5.43 Å². The van der Waals surface area contributed by atoms with Gasteiger partial charge in [0.05, 0.1) is 6.21 Å². The minimum absolute atomic E-state index is 0.0353. The van der Waals surface area contributed by atoms with Gasteiger partial charge in [-0.3, -0.25) is 4.79 Å². The molecule has 1 amide bonds. The summed E-state index contributed by atoms with van der Waals surface area (Å²) in [6.07, 6.45) is 6.35. The summed E-state index contributed by atoms with van der Waals surface area (Å²) in [6.45, 7) is 4.24. The molecule has 1 aromatic heterocycles. The highest BCUT2D eigenvalue weighted by Crippen LogP contribution is 2.66. The molecule has 0 saturated heterocycles. The number of aryl methyl sites for hydroxylation is 1. The average Bonchev–Trinajstić information content (AvgIpc) is 2.98. The zero-order chi connectivity index (χ0) is 18.3. The number of hydrazone groups is 1. The van der Waals surface area contributed by atoms with Crippen molar-refractivity contribution < 1.29 is 9.21 Å². The third-order valence-electron chi connectivity index (χ3n) is 6.07. The molecule has 1 heterocycles. The summed E-state index contributed by atoms with van der Waals surface area (Å²) < 4.78 is 5.82. The molecule has 2 aliphatic rings. The van der Waals surface area contributed by atoms with Crippen molar-refractivity contribution in [2.24, 2.45) is 22.4 Å². The maximum atomic E-state index is 12.4. The van der Waals surface area contributed by atoms with Gasteiger partial charge in [0.1, 0.15) is 11.5 Å². The van der Waals surface area contributed by atoms with Gasteiger partial charge in [-0.1, -0.05) is 37.4 Å². The maximum absolute atomic E-state index is 12.4. The molecule has 0 radical (unpaired) electrons. The van der Waals surface area contributed by atoms with Crippen molar-refractivity contribution in [2.75, 3.05) is 0 Å². The fraction of sp³-hybridized carbons (Fsp3) is 0.429. The average molecular weight is 371 g/mol. The number of furan rings is 1. The summed E-state index contributed by atoms with van der Waals surface area (Å²) in [5.41, 5.74) is 4.93. The van der Waals surface area contributed by atoms with E-state index in [2.05, 4.69) is 17.5 Å². The number of hydrogen-bond donors (Lipinski definition) is 1. The first-order valence-electron chi connectivity index (χ1n) is 9.18. The molecule has 2 aromatic rings. The molecule has 3 atom stereocenters. The van der Waals surface area contributed by atoms with Crippen LogP contribution in [0.15, 0.2) is 39.9 Å². The van der Waals surface area contributed by atoms with Gasteiger partial charge in [0, 0.05) is 16.5 Å². The van der Waals surface area contributed by atoms with Crippen molar-refractivity contribution in [3.05, 3.63) is 46.7 Å². The molecule has 0 spiro atoms. The second-order valence-corrected chi connectivity index (χ2v) is 8.17. The Balaban J connectivity index is 1.40. The highest BCUT2D eigenvalue weighted by Gasteiger charge is 2.64. The number of hydrogen-bond acceptors (Lipinski definition) is 3. The number of nitrogens with zero attached hydrogens (tertiary/aromatic N) is 1. The van der Waals surface area contributed by atoms with Gasteiger partial charge >= 0.3 is 0 Å². The van der Waals surface area contributed by atoms with Crippen LogP contribution in [0, 0.1) is 24.2 Å². The molecule has 136 valence electrons. The highest BCUT2D eigenvalue weighted by atomic mass is 35.5. The number of nitrogens with one attached hydrogen (secondary N) is 1. The smallest absolute Gasteiger partial charge is 0.244 e.